The number of aromatic nitrogens is 2. The minimum Gasteiger partial charge on any atom is -0.437 e. The van der Waals surface area contributed by atoms with Gasteiger partial charge in [0.1, 0.15) is 0 Å². The highest BCUT2D eigenvalue weighted by atomic mass is 27.1. The van der Waals surface area contributed by atoms with Crippen LogP contribution in [0.4, 0.5) is 0 Å². The van der Waals surface area contributed by atoms with Crippen LogP contribution in [-0.2, 0) is 0 Å². The second-order valence-corrected chi connectivity index (χ2v) is 2.71. The van der Waals surface area contributed by atoms with E-state index in [1.165, 1.54) is 0 Å². The molecule has 0 atom stereocenters. The molecule has 1 aromatic heterocycles. The summed E-state index contributed by atoms with van der Waals surface area (Å²) in [6, 6.07) is 0. The molecular weight excluding hydrogens is 103 g/mol. The molecule has 0 fully saturated rings. The summed E-state index contributed by atoms with van der Waals surface area (Å²) in [5.74, 6) is 0. The first-order valence-corrected chi connectivity index (χ1v) is 3.13. The number of imidazole rings is 1. The van der Waals surface area contributed by atoms with Crippen molar-refractivity contribution in [2.45, 2.75) is 6.92 Å². The Morgan fingerprint density at radius 2 is 2.57 bits per heavy atom. The van der Waals surface area contributed by atoms with Crippen LogP contribution in [0, 0.1) is 6.92 Å². The van der Waals surface area contributed by atoms with Crippen LogP contribution < -0.4 is 0 Å². The second-order valence-electron chi connectivity index (χ2n) is 1.68. The zero-order valence-electron chi connectivity index (χ0n) is 4.55. The molecule has 3 heteroatoms. The van der Waals surface area contributed by atoms with Crippen LogP contribution in [0.2, 0.25) is 0 Å². The Morgan fingerprint density at radius 3 is 2.71 bits per heavy atom. The van der Waals surface area contributed by atoms with Crippen molar-refractivity contribution in [3.8, 4) is 0 Å². The van der Waals surface area contributed by atoms with E-state index in [2.05, 4.69) is 8.53 Å². The average molecular weight is 110 g/mol. The number of hydrogen-bond acceptors (Lipinski definition) is 1. The largest absolute Gasteiger partial charge is 0.437 e. The predicted octanol–water partition coefficient (Wildman–Crippen LogP) is -0.412. The summed E-state index contributed by atoms with van der Waals surface area (Å²) in [4.78, 5) is 4.01. The molecular formula is C4H7AlN2. The van der Waals surface area contributed by atoms with Crippen LogP contribution >= 0.6 is 0 Å². The Labute approximate surface area is 50.8 Å². The first kappa shape index (κ1) is 4.89. The zero-order valence-corrected chi connectivity index (χ0v) is 6.55. The van der Waals surface area contributed by atoms with Crippen LogP contribution in [0.25, 0.3) is 0 Å². The summed E-state index contributed by atoms with van der Waals surface area (Å²) in [6.07, 6.45) is 3.88. The standard InChI is InChI=1S/C4H5N2.Al.2H/c1-4-2-5-3-6-4;;;/h2-3H,1H3;;;/q-1;+1;;. The third-order valence-electron chi connectivity index (χ3n) is 0.834. The average Bonchev–Trinajstić information content (AvgIpc) is 1.87. The van der Waals surface area contributed by atoms with Gasteiger partial charge in [0.2, 0.25) is 0 Å². The molecule has 0 aromatic carbocycles. The van der Waals surface area contributed by atoms with Gasteiger partial charge in [0, 0.05) is 6.20 Å². The highest BCUT2D eigenvalue weighted by Crippen LogP contribution is 1.86. The van der Waals surface area contributed by atoms with Crippen molar-refractivity contribution in [2.24, 2.45) is 0 Å². The fraction of sp³-hybridized carbons (Fsp3) is 0.250. The lowest BCUT2D eigenvalue weighted by atomic mass is 10.6. The molecule has 0 N–H and O–H groups in total. The predicted molar refractivity (Wildman–Crippen MR) is 30.9 cm³/mol. The second kappa shape index (κ2) is 1.69. The van der Waals surface area contributed by atoms with Gasteiger partial charge < -0.3 is 3.55 Å². The SMILES string of the molecule is Cc1c[n]([AlH2])cn1. The Hall–Kier alpha value is -0.258. The fourth-order valence-electron chi connectivity index (χ4n) is 0.544. The Balaban J connectivity index is 3.04. The van der Waals surface area contributed by atoms with Gasteiger partial charge in [-0.1, -0.05) is 0 Å². The first-order chi connectivity index (χ1) is 3.29. The molecule has 0 bridgehead atoms. The van der Waals surface area contributed by atoms with Gasteiger partial charge in [-0.15, -0.1) is 0 Å². The molecule has 0 aliphatic carbocycles. The number of nitrogens with zero attached hydrogens (tertiary/aromatic N) is 2. The molecule has 0 amide bonds. The maximum atomic E-state index is 4.01. The van der Waals surface area contributed by atoms with Crippen LogP contribution in [0.15, 0.2) is 12.5 Å². The van der Waals surface area contributed by atoms with E-state index in [0.29, 0.717) is 0 Å². The lowest BCUT2D eigenvalue weighted by Crippen LogP contribution is -1.81. The van der Waals surface area contributed by atoms with Crippen LogP contribution in [-0.4, -0.2) is 25.0 Å². The topological polar surface area (TPSA) is 17.8 Å². The molecule has 0 spiro atoms. The molecule has 1 aromatic rings. The Morgan fingerprint density at radius 1 is 1.86 bits per heavy atom. The van der Waals surface area contributed by atoms with Crippen molar-refractivity contribution in [3.63, 3.8) is 0 Å². The minimum atomic E-state index is 1.05. The van der Waals surface area contributed by atoms with Gasteiger partial charge in [-0.05, 0) is 6.92 Å². The molecule has 7 heavy (non-hydrogen) atoms. The van der Waals surface area contributed by atoms with Gasteiger partial charge in [-0.3, -0.25) is 0 Å². The molecule has 0 radical (unpaired) electrons. The first-order valence-electron chi connectivity index (χ1n) is 2.23. The molecule has 0 aliphatic rings. The molecule has 0 aliphatic heterocycles. The quantitative estimate of drug-likeness (QED) is 0.415. The third-order valence-corrected chi connectivity index (χ3v) is 1.32. The third kappa shape index (κ3) is 1.05. The van der Waals surface area contributed by atoms with Crippen LogP contribution in [0.5, 0.6) is 0 Å². The summed E-state index contributed by atoms with van der Waals surface area (Å²) in [5.41, 5.74) is 1.11. The Bertz CT molecular complexity index is 142. The highest BCUT2D eigenvalue weighted by Gasteiger charge is 1.81. The number of hydrogen-bond donors (Lipinski definition) is 0. The lowest BCUT2D eigenvalue weighted by molar-refractivity contribution is 1.21. The molecule has 0 saturated heterocycles. The van der Waals surface area contributed by atoms with Crippen molar-refractivity contribution < 1.29 is 0 Å². The molecule has 0 unspecified atom stereocenters. The summed E-state index contributed by atoms with van der Waals surface area (Å²) in [5, 5.41) is 0. The van der Waals surface area contributed by atoms with Crippen LogP contribution in [0.3, 0.4) is 0 Å². The van der Waals surface area contributed by atoms with E-state index in [4.69, 9.17) is 0 Å². The van der Waals surface area contributed by atoms with Crippen molar-refractivity contribution >= 4 is 16.5 Å². The zero-order chi connectivity index (χ0) is 5.28. The molecule has 1 heterocycles. The van der Waals surface area contributed by atoms with E-state index in [9.17, 15) is 0 Å². The van der Waals surface area contributed by atoms with E-state index in [-0.39, 0.29) is 0 Å². The van der Waals surface area contributed by atoms with E-state index in [1.807, 2.05) is 19.4 Å². The summed E-state index contributed by atoms with van der Waals surface area (Å²) in [7, 11) is 0. The van der Waals surface area contributed by atoms with Gasteiger partial charge in [0.05, 0.1) is 12.0 Å². The monoisotopic (exact) mass is 110 g/mol. The number of aryl methyl sites for hydroxylation is 1. The highest BCUT2D eigenvalue weighted by molar-refractivity contribution is 6.06. The van der Waals surface area contributed by atoms with Gasteiger partial charge in [-0.25, -0.2) is 4.98 Å². The summed E-state index contributed by atoms with van der Waals surface area (Å²) in [6.45, 7) is 1.99. The van der Waals surface area contributed by atoms with Gasteiger partial charge in [0.15, 0.2) is 0 Å². The van der Waals surface area contributed by atoms with Crippen molar-refractivity contribution in [3.05, 3.63) is 18.2 Å². The van der Waals surface area contributed by atoms with E-state index >= 15 is 0 Å². The smallest absolute Gasteiger partial charge is 0.371 e. The van der Waals surface area contributed by atoms with Gasteiger partial charge in [-0.2, -0.15) is 0 Å². The van der Waals surface area contributed by atoms with E-state index in [1.54, 1.807) is 0 Å². The maximum absolute atomic E-state index is 4.01. The summed E-state index contributed by atoms with van der Waals surface area (Å²) >= 11 is 1.05. The fourth-order valence-corrected chi connectivity index (χ4v) is 1.03. The molecule has 36 valence electrons. The van der Waals surface area contributed by atoms with Gasteiger partial charge >= 0.3 is 16.5 Å². The van der Waals surface area contributed by atoms with Crippen LogP contribution in [0.1, 0.15) is 5.69 Å². The van der Waals surface area contributed by atoms with E-state index in [0.717, 1.165) is 22.2 Å². The number of rotatable bonds is 0. The maximum Gasteiger partial charge on any atom is 0.371 e. The summed E-state index contributed by atoms with van der Waals surface area (Å²) < 4.78 is 2.06. The van der Waals surface area contributed by atoms with Crippen molar-refractivity contribution in [1.29, 1.82) is 0 Å². The van der Waals surface area contributed by atoms with Gasteiger partial charge in [0.25, 0.3) is 0 Å². The minimum absolute atomic E-state index is 1.05. The molecule has 2 nitrogen and oxygen atoms in total. The van der Waals surface area contributed by atoms with Crippen molar-refractivity contribution in [2.75, 3.05) is 0 Å². The molecule has 0 saturated carbocycles. The van der Waals surface area contributed by atoms with Crippen molar-refractivity contribution in [1.82, 2.24) is 8.53 Å². The van der Waals surface area contributed by atoms with E-state index < -0.39 is 0 Å². The lowest BCUT2D eigenvalue weighted by Gasteiger charge is -1.79. The Kier molecular flexibility index (Phi) is 1.18. The molecule has 1 rings (SSSR count). The normalized spacial score (nSPS) is 9.29.